The summed E-state index contributed by atoms with van der Waals surface area (Å²) in [6.07, 6.45) is 0. The van der Waals surface area contributed by atoms with Gasteiger partial charge in [-0.05, 0) is 44.6 Å². The van der Waals surface area contributed by atoms with Crippen molar-refractivity contribution in [3.63, 3.8) is 0 Å². The molecule has 0 saturated heterocycles. The summed E-state index contributed by atoms with van der Waals surface area (Å²) in [6, 6.07) is 6.37. The van der Waals surface area contributed by atoms with Gasteiger partial charge in [-0.1, -0.05) is 17.7 Å². The monoisotopic (exact) mass is 233 g/mol. The van der Waals surface area contributed by atoms with E-state index in [0.717, 1.165) is 17.9 Å². The van der Waals surface area contributed by atoms with E-state index in [-0.39, 0.29) is 0 Å². The molecule has 16 heavy (non-hydrogen) atoms. The predicted octanol–water partition coefficient (Wildman–Crippen LogP) is 3.24. The number of H-pyrrole nitrogens is 1. The third-order valence-corrected chi connectivity index (χ3v) is 3.02. The molecule has 0 fully saturated rings. The fourth-order valence-electron chi connectivity index (χ4n) is 1.79. The van der Waals surface area contributed by atoms with Crippen LogP contribution in [0.1, 0.15) is 18.1 Å². The highest BCUT2D eigenvalue weighted by Gasteiger charge is 2.09. The summed E-state index contributed by atoms with van der Waals surface area (Å²) in [5.41, 5.74) is 3.60. The van der Waals surface area contributed by atoms with Crippen LogP contribution in [0.5, 0.6) is 0 Å². The van der Waals surface area contributed by atoms with Crippen LogP contribution in [0.3, 0.4) is 0 Å². The molecule has 0 aliphatic rings. The lowest BCUT2D eigenvalue weighted by atomic mass is 10.1. The number of hydrogen-bond donors (Lipinski definition) is 1. The summed E-state index contributed by atoms with van der Waals surface area (Å²) in [5, 5.41) is 7.15. The lowest BCUT2D eigenvalue weighted by Gasteiger charge is -2.07. The first kappa shape index (κ1) is 11.1. The summed E-state index contributed by atoms with van der Waals surface area (Å²) in [5.74, 6) is 0.925. The van der Waals surface area contributed by atoms with Crippen LogP contribution in [0.4, 0.5) is 0 Å². The minimum absolute atomic E-state index is 0.679. The van der Waals surface area contributed by atoms with Gasteiger partial charge in [-0.3, -0.25) is 5.10 Å². The number of nitrogens with zero attached hydrogens (tertiary/aromatic N) is 2. The van der Waals surface area contributed by atoms with Gasteiger partial charge in [-0.25, -0.2) is 0 Å². The molecule has 0 spiro atoms. The fraction of sp³-hybridized carbons (Fsp3) is 0.333. The van der Waals surface area contributed by atoms with E-state index in [9.17, 15) is 0 Å². The molecule has 1 N–H and O–H groups in total. The molecule has 2 aromatic rings. The molecule has 2 rings (SSSR count). The van der Waals surface area contributed by atoms with Crippen LogP contribution < -0.4 is 0 Å². The summed E-state index contributed by atoms with van der Waals surface area (Å²) < 4.78 is 2.69. The molecule has 0 unspecified atom stereocenters. The topological polar surface area (TPSA) is 33.6 Å². The van der Waals surface area contributed by atoms with Crippen molar-refractivity contribution in [1.29, 1.82) is 0 Å². The van der Waals surface area contributed by atoms with Gasteiger partial charge in [0.2, 0.25) is 0 Å². The lowest BCUT2D eigenvalue weighted by molar-refractivity contribution is 0.755. The highest BCUT2D eigenvalue weighted by Crippen LogP contribution is 2.22. The Bertz CT molecular complexity index is 566. The van der Waals surface area contributed by atoms with Crippen molar-refractivity contribution < 1.29 is 0 Å². The van der Waals surface area contributed by atoms with E-state index in [2.05, 4.69) is 49.2 Å². The number of aryl methyl sites for hydroxylation is 2. The van der Waals surface area contributed by atoms with Gasteiger partial charge in [0, 0.05) is 12.1 Å². The maximum absolute atomic E-state index is 5.19. The molecular weight excluding hydrogens is 218 g/mol. The number of aromatic nitrogens is 3. The van der Waals surface area contributed by atoms with E-state index in [4.69, 9.17) is 12.2 Å². The third-order valence-electron chi connectivity index (χ3n) is 2.71. The normalized spacial score (nSPS) is 10.7. The molecule has 0 aliphatic carbocycles. The average Bonchev–Trinajstić information content (AvgIpc) is 2.63. The number of benzene rings is 1. The summed E-state index contributed by atoms with van der Waals surface area (Å²) in [4.78, 5) is 0. The molecule has 0 atom stereocenters. The quantitative estimate of drug-likeness (QED) is 0.808. The van der Waals surface area contributed by atoms with E-state index in [1.807, 2.05) is 4.57 Å². The van der Waals surface area contributed by atoms with E-state index in [1.165, 1.54) is 11.1 Å². The molecule has 84 valence electrons. The Morgan fingerprint density at radius 1 is 1.38 bits per heavy atom. The predicted molar refractivity (Wildman–Crippen MR) is 68.0 cm³/mol. The van der Waals surface area contributed by atoms with Gasteiger partial charge in [0.05, 0.1) is 0 Å². The van der Waals surface area contributed by atoms with Crippen LogP contribution in [0.2, 0.25) is 0 Å². The van der Waals surface area contributed by atoms with Gasteiger partial charge in [-0.2, -0.15) is 5.10 Å². The molecule has 0 saturated carbocycles. The van der Waals surface area contributed by atoms with Crippen LogP contribution in [0.25, 0.3) is 11.4 Å². The molecule has 4 heteroatoms. The zero-order valence-electron chi connectivity index (χ0n) is 9.74. The average molecular weight is 233 g/mol. The maximum Gasteiger partial charge on any atom is 0.195 e. The Hall–Kier alpha value is -1.42. The number of nitrogens with one attached hydrogen (secondary N) is 1. The van der Waals surface area contributed by atoms with Crippen LogP contribution in [-0.2, 0) is 6.54 Å². The highest BCUT2D eigenvalue weighted by molar-refractivity contribution is 7.71. The molecule has 0 amide bonds. The number of aromatic amines is 1. The van der Waals surface area contributed by atoms with Gasteiger partial charge in [0.15, 0.2) is 10.6 Å². The Morgan fingerprint density at radius 2 is 2.12 bits per heavy atom. The largest absolute Gasteiger partial charge is 0.300 e. The number of rotatable bonds is 2. The Labute approximate surface area is 100 Å². The van der Waals surface area contributed by atoms with E-state index < -0.39 is 0 Å². The van der Waals surface area contributed by atoms with Crippen molar-refractivity contribution in [2.45, 2.75) is 27.3 Å². The maximum atomic E-state index is 5.19. The summed E-state index contributed by atoms with van der Waals surface area (Å²) >= 11 is 5.19. The molecule has 1 aromatic heterocycles. The molecule has 3 nitrogen and oxygen atoms in total. The fourth-order valence-corrected chi connectivity index (χ4v) is 2.05. The van der Waals surface area contributed by atoms with Crippen LogP contribution in [-0.4, -0.2) is 14.8 Å². The summed E-state index contributed by atoms with van der Waals surface area (Å²) in [7, 11) is 0. The number of hydrogen-bond acceptors (Lipinski definition) is 2. The van der Waals surface area contributed by atoms with Crippen molar-refractivity contribution in [3.05, 3.63) is 34.1 Å². The van der Waals surface area contributed by atoms with Gasteiger partial charge < -0.3 is 4.57 Å². The first-order valence-corrected chi connectivity index (χ1v) is 5.77. The Kier molecular flexibility index (Phi) is 2.92. The molecule has 1 aromatic carbocycles. The van der Waals surface area contributed by atoms with Crippen LogP contribution in [0, 0.1) is 18.6 Å². The minimum Gasteiger partial charge on any atom is -0.300 e. The second-order valence-corrected chi connectivity index (χ2v) is 4.30. The van der Waals surface area contributed by atoms with Crippen molar-refractivity contribution in [3.8, 4) is 11.4 Å². The second-order valence-electron chi connectivity index (χ2n) is 3.92. The Balaban J connectivity index is 2.67. The SMILES string of the molecule is CCn1c(-c2cc(C)ccc2C)n[nH]c1=S. The molecule has 0 radical (unpaired) electrons. The Morgan fingerprint density at radius 3 is 2.81 bits per heavy atom. The first-order valence-electron chi connectivity index (χ1n) is 5.36. The van der Waals surface area contributed by atoms with E-state index in [1.54, 1.807) is 0 Å². The van der Waals surface area contributed by atoms with Crippen molar-refractivity contribution in [1.82, 2.24) is 14.8 Å². The third kappa shape index (κ3) is 1.80. The van der Waals surface area contributed by atoms with Crippen LogP contribution in [0.15, 0.2) is 18.2 Å². The van der Waals surface area contributed by atoms with Crippen molar-refractivity contribution >= 4 is 12.2 Å². The van der Waals surface area contributed by atoms with Gasteiger partial charge in [0.1, 0.15) is 0 Å². The molecule has 0 aliphatic heterocycles. The standard InChI is InChI=1S/C12H15N3S/c1-4-15-11(13-14-12(15)16)10-7-8(2)5-6-9(10)3/h5-7H,4H2,1-3H3,(H,14,16). The van der Waals surface area contributed by atoms with Gasteiger partial charge in [0.25, 0.3) is 0 Å². The molecule has 0 bridgehead atoms. The van der Waals surface area contributed by atoms with E-state index >= 15 is 0 Å². The van der Waals surface area contributed by atoms with Crippen LogP contribution >= 0.6 is 12.2 Å². The van der Waals surface area contributed by atoms with Crippen molar-refractivity contribution in [2.24, 2.45) is 0 Å². The smallest absolute Gasteiger partial charge is 0.195 e. The van der Waals surface area contributed by atoms with Gasteiger partial charge >= 0.3 is 0 Å². The zero-order chi connectivity index (χ0) is 11.7. The minimum atomic E-state index is 0.679. The molecular formula is C12H15N3S. The second kappa shape index (κ2) is 4.22. The summed E-state index contributed by atoms with van der Waals surface area (Å²) in [6.45, 7) is 7.07. The first-order chi connectivity index (χ1) is 7.63. The lowest BCUT2D eigenvalue weighted by Crippen LogP contribution is -1.99. The van der Waals surface area contributed by atoms with Crippen molar-refractivity contribution in [2.75, 3.05) is 0 Å². The highest BCUT2D eigenvalue weighted by atomic mass is 32.1. The zero-order valence-corrected chi connectivity index (χ0v) is 10.6. The van der Waals surface area contributed by atoms with E-state index in [0.29, 0.717) is 4.77 Å². The van der Waals surface area contributed by atoms with Gasteiger partial charge in [-0.15, -0.1) is 0 Å². The molecule has 1 heterocycles.